The number of hydrogen-bond donors (Lipinski definition) is 1. The fraction of sp³-hybridized carbons (Fsp3) is 0.222. The van der Waals surface area contributed by atoms with Gasteiger partial charge in [-0.3, -0.25) is 9.20 Å². The third-order valence-electron chi connectivity index (χ3n) is 6.32. The standard InChI is InChI=1S/C27H24F3N7OS/c1-31-26-22-15-19(39(2)38)11-12-23(22)32-24(13-14-27(28,29)30)37(26)16-17-7-9-18(10-8-17)20-5-3-4-6-21(20)25-33-35-36-34-25/h3-12,15H,13-14,16H2,1-2H3,(H,33,34,35,36). The molecule has 2 aromatic heterocycles. The van der Waals surface area contributed by atoms with E-state index in [-0.39, 0.29) is 18.8 Å². The molecule has 200 valence electrons. The van der Waals surface area contributed by atoms with Gasteiger partial charge in [-0.15, -0.1) is 10.2 Å². The first kappa shape index (κ1) is 26.4. The number of rotatable bonds is 7. The van der Waals surface area contributed by atoms with Crippen LogP contribution in [-0.4, -0.2) is 53.9 Å². The zero-order chi connectivity index (χ0) is 27.6. The minimum absolute atomic E-state index is 0.259. The van der Waals surface area contributed by atoms with Crippen molar-refractivity contribution in [1.29, 1.82) is 0 Å². The molecule has 0 aliphatic carbocycles. The van der Waals surface area contributed by atoms with Gasteiger partial charge in [-0.2, -0.15) is 18.4 Å². The Morgan fingerprint density at radius 3 is 2.41 bits per heavy atom. The summed E-state index contributed by atoms with van der Waals surface area (Å²) in [6, 6.07) is 20.5. The van der Waals surface area contributed by atoms with Crippen LogP contribution in [0.25, 0.3) is 33.4 Å². The van der Waals surface area contributed by atoms with Crippen LogP contribution in [0.15, 0.2) is 76.6 Å². The number of hydrogen-bond acceptors (Lipinski definition) is 6. The number of aromatic nitrogens is 6. The van der Waals surface area contributed by atoms with Crippen molar-refractivity contribution in [2.45, 2.75) is 30.5 Å². The fourth-order valence-corrected chi connectivity index (χ4v) is 5.01. The van der Waals surface area contributed by atoms with Gasteiger partial charge in [0.1, 0.15) is 11.3 Å². The monoisotopic (exact) mass is 551 g/mol. The quantitative estimate of drug-likeness (QED) is 0.316. The molecule has 0 aliphatic heterocycles. The van der Waals surface area contributed by atoms with E-state index in [2.05, 4.69) is 30.6 Å². The Bertz CT molecular complexity index is 1710. The molecule has 12 heteroatoms. The molecule has 3 aromatic carbocycles. The van der Waals surface area contributed by atoms with Gasteiger partial charge in [0, 0.05) is 46.4 Å². The Hall–Kier alpha value is -4.19. The lowest BCUT2D eigenvalue weighted by atomic mass is 9.98. The van der Waals surface area contributed by atoms with Gasteiger partial charge in [0.05, 0.1) is 18.5 Å². The molecule has 0 bridgehead atoms. The van der Waals surface area contributed by atoms with Gasteiger partial charge >= 0.3 is 6.18 Å². The van der Waals surface area contributed by atoms with Crippen molar-refractivity contribution < 1.29 is 17.4 Å². The summed E-state index contributed by atoms with van der Waals surface area (Å²) in [5.74, 6) is 0.751. The van der Waals surface area contributed by atoms with E-state index in [9.17, 15) is 17.4 Å². The van der Waals surface area contributed by atoms with Crippen molar-refractivity contribution >= 4 is 21.7 Å². The number of alkyl halides is 3. The number of benzene rings is 3. The second-order valence-corrected chi connectivity index (χ2v) is 10.3. The van der Waals surface area contributed by atoms with E-state index in [1.54, 1.807) is 36.1 Å². The summed E-state index contributed by atoms with van der Waals surface area (Å²) in [4.78, 5) is 9.59. The lowest BCUT2D eigenvalue weighted by Gasteiger charge is -2.17. The highest BCUT2D eigenvalue weighted by Gasteiger charge is 2.28. The molecular weight excluding hydrogens is 527 g/mol. The summed E-state index contributed by atoms with van der Waals surface area (Å²) in [5, 5.41) is 14.9. The summed E-state index contributed by atoms with van der Waals surface area (Å²) in [7, 11) is 0.353. The maximum atomic E-state index is 13.2. The van der Waals surface area contributed by atoms with Crippen molar-refractivity contribution in [1.82, 2.24) is 30.2 Å². The zero-order valence-electron chi connectivity index (χ0n) is 21.1. The number of fused-ring (bicyclic) bond motifs is 1. The van der Waals surface area contributed by atoms with Crippen LogP contribution in [0.3, 0.4) is 0 Å². The highest BCUT2D eigenvalue weighted by atomic mass is 32.2. The first-order valence-electron chi connectivity index (χ1n) is 12.0. The lowest BCUT2D eigenvalue weighted by molar-refractivity contribution is -0.134. The lowest BCUT2D eigenvalue weighted by Crippen LogP contribution is -2.28. The third kappa shape index (κ3) is 5.80. The van der Waals surface area contributed by atoms with Crippen LogP contribution in [-0.2, 0) is 23.8 Å². The average molecular weight is 552 g/mol. The maximum absolute atomic E-state index is 13.2. The average Bonchev–Trinajstić information content (AvgIpc) is 3.46. The Balaban J connectivity index is 1.56. The van der Waals surface area contributed by atoms with Crippen LogP contribution in [0.2, 0.25) is 0 Å². The predicted octanol–water partition coefficient (Wildman–Crippen LogP) is 4.69. The molecule has 5 aromatic rings. The number of aryl methyl sites for hydroxylation is 1. The Labute approximate surface area is 224 Å². The van der Waals surface area contributed by atoms with Gasteiger partial charge in [-0.05, 0) is 40.1 Å². The van der Waals surface area contributed by atoms with Crippen LogP contribution >= 0.6 is 0 Å². The number of nitrogens with one attached hydrogen (secondary N) is 1. The molecule has 1 atom stereocenters. The summed E-state index contributed by atoms with van der Waals surface area (Å²) in [6.45, 7) is 0.259. The number of tetrazole rings is 1. The van der Waals surface area contributed by atoms with Crippen LogP contribution < -0.4 is 5.49 Å². The Morgan fingerprint density at radius 1 is 1.03 bits per heavy atom. The highest BCUT2D eigenvalue weighted by molar-refractivity contribution is 7.84. The number of halogens is 3. The van der Waals surface area contributed by atoms with Crippen LogP contribution in [0.1, 0.15) is 17.8 Å². The number of aromatic amines is 1. The molecule has 0 spiro atoms. The zero-order valence-corrected chi connectivity index (χ0v) is 21.9. The van der Waals surface area contributed by atoms with E-state index < -0.39 is 23.4 Å². The topological polar surface area (TPSA) is 102 Å². The normalized spacial score (nSPS) is 13.2. The summed E-state index contributed by atoms with van der Waals surface area (Å²) < 4.78 is 53.3. The van der Waals surface area contributed by atoms with E-state index in [1.807, 2.05) is 48.5 Å². The fourth-order valence-electron chi connectivity index (χ4n) is 4.47. The van der Waals surface area contributed by atoms with Crippen molar-refractivity contribution in [3.05, 3.63) is 83.6 Å². The largest absolute Gasteiger partial charge is 0.389 e. The molecule has 0 fully saturated rings. The van der Waals surface area contributed by atoms with E-state index in [1.165, 1.54) is 0 Å². The summed E-state index contributed by atoms with van der Waals surface area (Å²) in [6.07, 6.45) is -4.05. The van der Waals surface area contributed by atoms with Crippen molar-refractivity contribution in [2.75, 3.05) is 13.3 Å². The molecule has 2 heterocycles. The summed E-state index contributed by atoms with van der Waals surface area (Å²) >= 11 is 0. The van der Waals surface area contributed by atoms with E-state index in [4.69, 9.17) is 0 Å². The second-order valence-electron chi connectivity index (χ2n) is 8.89. The molecule has 1 N–H and O–H groups in total. The Morgan fingerprint density at radius 2 is 1.77 bits per heavy atom. The molecule has 39 heavy (non-hydrogen) atoms. The molecule has 5 rings (SSSR count). The predicted molar refractivity (Wildman–Crippen MR) is 142 cm³/mol. The number of nitrogens with zero attached hydrogens (tertiary/aromatic N) is 6. The van der Waals surface area contributed by atoms with Gasteiger partial charge < -0.3 is 4.57 Å². The summed E-state index contributed by atoms with van der Waals surface area (Å²) in [5.41, 5.74) is 4.50. The van der Waals surface area contributed by atoms with Crippen molar-refractivity contribution in [3.8, 4) is 22.5 Å². The minimum atomic E-state index is -4.32. The van der Waals surface area contributed by atoms with Gasteiger partial charge in [-0.1, -0.05) is 48.5 Å². The van der Waals surface area contributed by atoms with Gasteiger partial charge in [0.15, 0.2) is 0 Å². The molecular formula is C27H24F3N7OS. The smallest absolute Gasteiger partial charge is 0.310 e. The van der Waals surface area contributed by atoms with Crippen molar-refractivity contribution in [2.24, 2.45) is 4.99 Å². The van der Waals surface area contributed by atoms with Gasteiger partial charge in [0.25, 0.3) is 0 Å². The minimum Gasteiger partial charge on any atom is -0.310 e. The first-order chi connectivity index (χ1) is 18.7. The molecule has 0 aliphatic rings. The first-order valence-corrected chi connectivity index (χ1v) is 13.6. The number of H-pyrrole nitrogens is 1. The third-order valence-corrected chi connectivity index (χ3v) is 7.24. The van der Waals surface area contributed by atoms with Crippen LogP contribution in [0.5, 0.6) is 0 Å². The molecule has 0 radical (unpaired) electrons. The Kier molecular flexibility index (Phi) is 7.38. The molecule has 8 nitrogen and oxygen atoms in total. The molecule has 0 saturated heterocycles. The van der Waals surface area contributed by atoms with Crippen LogP contribution in [0.4, 0.5) is 13.2 Å². The maximum Gasteiger partial charge on any atom is 0.389 e. The van der Waals surface area contributed by atoms with E-state index in [0.29, 0.717) is 27.1 Å². The van der Waals surface area contributed by atoms with Crippen molar-refractivity contribution in [3.63, 3.8) is 0 Å². The van der Waals surface area contributed by atoms with Gasteiger partial charge in [0.2, 0.25) is 5.82 Å². The molecule has 0 amide bonds. The SMILES string of the molecule is CN=c1c2cc(S(C)=O)ccc2nc(CCC(F)(F)F)n1Cc1ccc(-c2ccccc2-c2nn[nH]n2)cc1. The van der Waals surface area contributed by atoms with E-state index in [0.717, 1.165) is 22.3 Å². The second kappa shape index (κ2) is 10.9. The molecule has 0 saturated carbocycles. The highest BCUT2D eigenvalue weighted by Crippen LogP contribution is 2.30. The van der Waals surface area contributed by atoms with E-state index >= 15 is 0 Å². The van der Waals surface area contributed by atoms with Gasteiger partial charge in [-0.25, -0.2) is 4.98 Å². The molecule has 1 unspecified atom stereocenters. The van der Waals surface area contributed by atoms with Crippen LogP contribution in [0, 0.1) is 0 Å².